The zero-order valence-electron chi connectivity index (χ0n) is 7.64. The molecule has 0 aromatic carbocycles. The number of ether oxygens (including phenoxy) is 1. The smallest absolute Gasteiger partial charge is 0.213 e. The molecule has 69 valence electrons. The molecule has 0 atom stereocenters. The van der Waals surface area contributed by atoms with E-state index in [4.69, 9.17) is 4.74 Å². The fourth-order valence-electron chi connectivity index (χ4n) is 1.09. The standard InChI is InChI=1S/C10H8N3O/c1-14-10-4-2-3-9(13-10)8-5-11-7-12-6-8/h2-6H,1H3. The van der Waals surface area contributed by atoms with Crippen LogP contribution < -0.4 is 4.74 Å². The van der Waals surface area contributed by atoms with Crippen molar-refractivity contribution >= 4 is 0 Å². The van der Waals surface area contributed by atoms with E-state index < -0.39 is 0 Å². The van der Waals surface area contributed by atoms with Crippen molar-refractivity contribution in [1.82, 2.24) is 15.0 Å². The van der Waals surface area contributed by atoms with Crippen LogP contribution in [0.3, 0.4) is 0 Å². The first kappa shape index (κ1) is 8.62. The van der Waals surface area contributed by atoms with Crippen molar-refractivity contribution in [1.29, 1.82) is 0 Å². The molecule has 0 aliphatic heterocycles. The van der Waals surface area contributed by atoms with Gasteiger partial charge in [0.1, 0.15) is 0 Å². The van der Waals surface area contributed by atoms with E-state index in [9.17, 15) is 0 Å². The Morgan fingerprint density at radius 2 is 2.00 bits per heavy atom. The predicted molar refractivity (Wildman–Crippen MR) is 50.7 cm³/mol. The highest BCUT2D eigenvalue weighted by Gasteiger charge is 2.00. The third-order valence-electron chi connectivity index (χ3n) is 1.75. The Balaban J connectivity index is 2.42. The van der Waals surface area contributed by atoms with Gasteiger partial charge in [-0.05, 0) is 6.07 Å². The van der Waals surface area contributed by atoms with Crippen LogP contribution in [-0.4, -0.2) is 22.1 Å². The lowest BCUT2D eigenvalue weighted by molar-refractivity contribution is 0.398. The monoisotopic (exact) mass is 186 g/mol. The van der Waals surface area contributed by atoms with Gasteiger partial charge in [-0.3, -0.25) is 0 Å². The quantitative estimate of drug-likeness (QED) is 0.710. The molecule has 0 fully saturated rings. The Morgan fingerprint density at radius 1 is 1.21 bits per heavy atom. The highest BCUT2D eigenvalue weighted by molar-refractivity contribution is 5.56. The second-order valence-electron chi connectivity index (χ2n) is 2.64. The van der Waals surface area contributed by atoms with E-state index in [-0.39, 0.29) is 0 Å². The molecule has 0 unspecified atom stereocenters. The maximum atomic E-state index is 5.02. The Kier molecular flexibility index (Phi) is 2.36. The summed E-state index contributed by atoms with van der Waals surface area (Å²) in [4.78, 5) is 11.8. The molecule has 2 aromatic rings. The number of hydrogen-bond donors (Lipinski definition) is 0. The van der Waals surface area contributed by atoms with Gasteiger partial charge in [0.05, 0.1) is 12.8 Å². The van der Waals surface area contributed by atoms with Gasteiger partial charge in [0, 0.05) is 24.0 Å². The van der Waals surface area contributed by atoms with Crippen molar-refractivity contribution in [3.63, 3.8) is 0 Å². The summed E-state index contributed by atoms with van der Waals surface area (Å²) in [6.07, 6.45) is 5.80. The lowest BCUT2D eigenvalue weighted by atomic mass is 10.2. The summed E-state index contributed by atoms with van der Waals surface area (Å²) in [5.41, 5.74) is 1.64. The molecule has 0 saturated carbocycles. The number of methoxy groups -OCH3 is 1. The molecule has 0 bridgehead atoms. The Hall–Kier alpha value is -1.97. The maximum Gasteiger partial charge on any atom is 0.213 e. The average molecular weight is 186 g/mol. The van der Waals surface area contributed by atoms with Crippen LogP contribution in [0.5, 0.6) is 5.88 Å². The Bertz CT molecular complexity index is 417. The minimum atomic E-state index is 0.579. The number of hydrogen-bond acceptors (Lipinski definition) is 4. The molecule has 1 radical (unpaired) electrons. The van der Waals surface area contributed by atoms with Crippen LogP contribution in [0.25, 0.3) is 11.3 Å². The summed E-state index contributed by atoms with van der Waals surface area (Å²) in [6, 6.07) is 5.54. The predicted octanol–water partition coefficient (Wildman–Crippen LogP) is 1.35. The summed E-state index contributed by atoms with van der Waals surface area (Å²) in [7, 11) is 1.58. The van der Waals surface area contributed by atoms with Gasteiger partial charge in [-0.2, -0.15) is 0 Å². The number of nitrogens with zero attached hydrogens (tertiary/aromatic N) is 3. The Labute approximate surface area is 81.6 Å². The van der Waals surface area contributed by atoms with E-state index in [2.05, 4.69) is 21.3 Å². The molecule has 0 aliphatic carbocycles. The lowest BCUT2D eigenvalue weighted by Crippen LogP contribution is -1.90. The zero-order valence-corrected chi connectivity index (χ0v) is 7.64. The van der Waals surface area contributed by atoms with Crippen LogP contribution in [0.15, 0.2) is 30.6 Å². The molecular weight excluding hydrogens is 178 g/mol. The van der Waals surface area contributed by atoms with E-state index in [1.165, 1.54) is 0 Å². The zero-order chi connectivity index (χ0) is 9.80. The van der Waals surface area contributed by atoms with Crippen molar-refractivity contribution in [3.05, 3.63) is 36.9 Å². The summed E-state index contributed by atoms with van der Waals surface area (Å²) in [6.45, 7) is 0. The number of pyridine rings is 1. The number of rotatable bonds is 2. The lowest BCUT2D eigenvalue weighted by Gasteiger charge is -2.01. The van der Waals surface area contributed by atoms with Crippen molar-refractivity contribution in [3.8, 4) is 17.1 Å². The first-order valence-corrected chi connectivity index (χ1v) is 4.09. The van der Waals surface area contributed by atoms with E-state index in [1.807, 2.05) is 12.1 Å². The normalized spacial score (nSPS) is 9.79. The molecule has 0 spiro atoms. The SMILES string of the molecule is COc1cccc(-c2cn[c]nc2)n1. The molecular formula is C10H8N3O. The fraction of sp³-hybridized carbons (Fsp3) is 0.100. The van der Waals surface area contributed by atoms with Crippen LogP contribution in [0.4, 0.5) is 0 Å². The van der Waals surface area contributed by atoms with Gasteiger partial charge in [-0.1, -0.05) is 6.07 Å². The highest BCUT2D eigenvalue weighted by atomic mass is 16.5. The summed E-state index contributed by atoms with van der Waals surface area (Å²) in [5.74, 6) is 0.579. The van der Waals surface area contributed by atoms with Crippen molar-refractivity contribution in [2.24, 2.45) is 0 Å². The topological polar surface area (TPSA) is 47.9 Å². The van der Waals surface area contributed by atoms with Gasteiger partial charge < -0.3 is 4.74 Å². The Morgan fingerprint density at radius 3 is 2.71 bits per heavy atom. The molecule has 2 rings (SSSR count). The van der Waals surface area contributed by atoms with Gasteiger partial charge in [-0.25, -0.2) is 15.0 Å². The summed E-state index contributed by atoms with van der Waals surface area (Å²) in [5, 5.41) is 0. The molecule has 0 aliphatic rings. The minimum absolute atomic E-state index is 0.579. The largest absolute Gasteiger partial charge is 0.481 e. The van der Waals surface area contributed by atoms with E-state index in [0.29, 0.717) is 5.88 Å². The van der Waals surface area contributed by atoms with Crippen LogP contribution in [-0.2, 0) is 0 Å². The molecule has 0 amide bonds. The van der Waals surface area contributed by atoms with E-state index in [0.717, 1.165) is 11.3 Å². The van der Waals surface area contributed by atoms with Crippen molar-refractivity contribution < 1.29 is 4.74 Å². The molecule has 2 heterocycles. The van der Waals surface area contributed by atoms with Gasteiger partial charge in [-0.15, -0.1) is 0 Å². The summed E-state index contributed by atoms with van der Waals surface area (Å²) >= 11 is 0. The first-order chi connectivity index (χ1) is 6.90. The first-order valence-electron chi connectivity index (χ1n) is 4.09. The van der Waals surface area contributed by atoms with Crippen LogP contribution in [0.2, 0.25) is 0 Å². The van der Waals surface area contributed by atoms with Crippen molar-refractivity contribution in [2.45, 2.75) is 0 Å². The van der Waals surface area contributed by atoms with Crippen LogP contribution in [0.1, 0.15) is 0 Å². The molecule has 14 heavy (non-hydrogen) atoms. The number of aromatic nitrogens is 3. The van der Waals surface area contributed by atoms with E-state index >= 15 is 0 Å². The third kappa shape index (κ3) is 1.69. The molecule has 2 aromatic heterocycles. The molecule has 0 saturated heterocycles. The third-order valence-corrected chi connectivity index (χ3v) is 1.75. The van der Waals surface area contributed by atoms with Gasteiger partial charge in [0.25, 0.3) is 0 Å². The molecule has 0 N–H and O–H groups in total. The average Bonchev–Trinajstić information content (AvgIpc) is 2.30. The summed E-state index contributed by atoms with van der Waals surface area (Å²) < 4.78 is 5.02. The highest BCUT2D eigenvalue weighted by Crippen LogP contribution is 2.17. The maximum absolute atomic E-state index is 5.02. The second-order valence-corrected chi connectivity index (χ2v) is 2.64. The molecule has 4 nitrogen and oxygen atoms in total. The van der Waals surface area contributed by atoms with Crippen LogP contribution in [0, 0.1) is 6.33 Å². The van der Waals surface area contributed by atoms with Gasteiger partial charge in [0.15, 0.2) is 6.33 Å². The van der Waals surface area contributed by atoms with Crippen LogP contribution >= 0.6 is 0 Å². The van der Waals surface area contributed by atoms with Crippen molar-refractivity contribution in [2.75, 3.05) is 7.11 Å². The fourth-order valence-corrected chi connectivity index (χ4v) is 1.09. The second kappa shape index (κ2) is 3.83. The van der Waals surface area contributed by atoms with Gasteiger partial charge in [0.2, 0.25) is 5.88 Å². The van der Waals surface area contributed by atoms with E-state index in [1.54, 1.807) is 25.6 Å². The minimum Gasteiger partial charge on any atom is -0.481 e. The molecule has 4 heteroatoms. The van der Waals surface area contributed by atoms with Gasteiger partial charge >= 0.3 is 0 Å².